The predicted molar refractivity (Wildman–Crippen MR) is 121 cm³/mol. The van der Waals surface area contributed by atoms with E-state index in [0.717, 1.165) is 36.3 Å². The molecule has 3 rings (SSSR count). The van der Waals surface area contributed by atoms with Crippen LogP contribution < -0.4 is 20.5 Å². The van der Waals surface area contributed by atoms with E-state index in [2.05, 4.69) is 24.1 Å². The van der Waals surface area contributed by atoms with E-state index in [1.165, 1.54) is 0 Å². The molecule has 2 atom stereocenters. The number of nitrogens with zero attached hydrogens (tertiary/aromatic N) is 1. The second kappa shape index (κ2) is 9.58. The molecule has 0 fully saturated rings. The first-order valence-electron chi connectivity index (χ1n) is 10.3. The van der Waals surface area contributed by atoms with Gasteiger partial charge in [-0.2, -0.15) is 0 Å². The molecule has 0 radical (unpaired) electrons. The molecule has 2 aromatic carbocycles. The summed E-state index contributed by atoms with van der Waals surface area (Å²) in [6.45, 7) is 6.99. The van der Waals surface area contributed by atoms with Crippen molar-refractivity contribution in [1.29, 1.82) is 0 Å². The van der Waals surface area contributed by atoms with Gasteiger partial charge in [0, 0.05) is 10.7 Å². The van der Waals surface area contributed by atoms with Crippen LogP contribution in [-0.4, -0.2) is 44.7 Å². The van der Waals surface area contributed by atoms with Crippen molar-refractivity contribution in [1.82, 2.24) is 10.2 Å². The molecule has 0 bridgehead atoms. The molecule has 162 valence electrons. The summed E-state index contributed by atoms with van der Waals surface area (Å²) in [4.78, 5) is 15.5. The van der Waals surface area contributed by atoms with Crippen LogP contribution in [0.2, 0.25) is 5.02 Å². The molecule has 30 heavy (non-hydrogen) atoms. The zero-order chi connectivity index (χ0) is 21.8. The summed E-state index contributed by atoms with van der Waals surface area (Å²) in [6.07, 6.45) is 0.716. The maximum atomic E-state index is 13.2. The van der Waals surface area contributed by atoms with Gasteiger partial charge in [-0.25, -0.2) is 0 Å². The van der Waals surface area contributed by atoms with Gasteiger partial charge in [0.2, 0.25) is 5.91 Å². The highest BCUT2D eigenvalue weighted by Gasteiger charge is 2.36. The van der Waals surface area contributed by atoms with Crippen LogP contribution in [0.15, 0.2) is 30.3 Å². The first-order chi connectivity index (χ1) is 14.4. The van der Waals surface area contributed by atoms with Crippen LogP contribution in [0, 0.1) is 0 Å². The molecule has 3 N–H and O–H groups in total. The summed E-state index contributed by atoms with van der Waals surface area (Å²) >= 11 is 6.48. The molecule has 0 aromatic heterocycles. The van der Waals surface area contributed by atoms with Gasteiger partial charge in [0.1, 0.15) is 0 Å². The largest absolute Gasteiger partial charge is 0.493 e. The van der Waals surface area contributed by atoms with Crippen LogP contribution in [-0.2, 0) is 4.79 Å². The molecule has 1 heterocycles. The van der Waals surface area contributed by atoms with Gasteiger partial charge in [-0.3, -0.25) is 4.79 Å². The van der Waals surface area contributed by atoms with Crippen molar-refractivity contribution < 1.29 is 14.3 Å². The fourth-order valence-corrected chi connectivity index (χ4v) is 4.32. The Morgan fingerprint density at radius 3 is 2.27 bits per heavy atom. The van der Waals surface area contributed by atoms with Crippen molar-refractivity contribution in [3.63, 3.8) is 0 Å². The second-order valence-electron chi connectivity index (χ2n) is 7.43. The Bertz CT molecular complexity index is 915. The van der Waals surface area contributed by atoms with Crippen LogP contribution in [0.1, 0.15) is 48.9 Å². The number of anilines is 1. The van der Waals surface area contributed by atoms with E-state index in [4.69, 9.17) is 26.8 Å². The molecule has 6 nitrogen and oxygen atoms in total. The summed E-state index contributed by atoms with van der Waals surface area (Å²) in [7, 11) is 3.20. The van der Waals surface area contributed by atoms with Gasteiger partial charge in [-0.15, -0.1) is 0 Å². The lowest BCUT2D eigenvalue weighted by molar-refractivity contribution is -0.124. The van der Waals surface area contributed by atoms with Gasteiger partial charge in [0.15, 0.2) is 11.5 Å². The van der Waals surface area contributed by atoms with Crippen LogP contribution in [0.4, 0.5) is 5.69 Å². The minimum Gasteiger partial charge on any atom is -0.493 e. The molecule has 0 aliphatic carbocycles. The highest BCUT2D eigenvalue weighted by molar-refractivity contribution is 6.31. The molecule has 0 spiro atoms. The van der Waals surface area contributed by atoms with Gasteiger partial charge in [0.25, 0.3) is 0 Å². The van der Waals surface area contributed by atoms with Gasteiger partial charge in [-0.05, 0) is 73.1 Å². The Balaban J connectivity index is 2.10. The molecule has 1 aliphatic heterocycles. The number of nitrogens with one attached hydrogen (secondary N) is 1. The molecule has 0 saturated carbocycles. The smallest absolute Gasteiger partial charge is 0.228 e. The van der Waals surface area contributed by atoms with E-state index in [0.29, 0.717) is 28.6 Å². The molecule has 2 aromatic rings. The van der Waals surface area contributed by atoms with Crippen molar-refractivity contribution in [3.8, 4) is 11.5 Å². The van der Waals surface area contributed by atoms with Gasteiger partial charge in [0.05, 0.1) is 26.2 Å². The fourth-order valence-electron chi connectivity index (χ4n) is 4.09. The van der Waals surface area contributed by atoms with E-state index < -0.39 is 6.04 Å². The number of carbonyl (C=O) groups excluding carboxylic acids is 1. The van der Waals surface area contributed by atoms with Crippen LogP contribution in [0.5, 0.6) is 11.5 Å². The van der Waals surface area contributed by atoms with Crippen molar-refractivity contribution in [2.24, 2.45) is 0 Å². The Kier molecular flexibility index (Phi) is 7.10. The number of benzene rings is 2. The number of hydrogen-bond acceptors (Lipinski definition) is 5. The van der Waals surface area contributed by atoms with E-state index in [1.807, 2.05) is 18.2 Å². The lowest BCUT2D eigenvalue weighted by atomic mass is 9.81. The summed E-state index contributed by atoms with van der Waals surface area (Å²) in [6, 6.07) is 8.76. The van der Waals surface area contributed by atoms with E-state index in [9.17, 15) is 4.79 Å². The Morgan fingerprint density at radius 1 is 1.03 bits per heavy atom. The summed E-state index contributed by atoms with van der Waals surface area (Å²) in [5.74, 6) is 0.915. The fraction of sp³-hybridized carbons (Fsp3) is 0.435. The quantitative estimate of drug-likeness (QED) is 0.618. The normalized spacial score (nSPS) is 18.1. The number of nitrogen functional groups attached to an aromatic ring is 1. The second-order valence-corrected chi connectivity index (χ2v) is 7.83. The van der Waals surface area contributed by atoms with E-state index in [-0.39, 0.29) is 11.8 Å². The zero-order valence-corrected chi connectivity index (χ0v) is 18.8. The van der Waals surface area contributed by atoms with Gasteiger partial charge in [-0.1, -0.05) is 25.4 Å². The SMILES string of the molecule is CCN(CC)CCC1C(=O)NC(c2cc(N)ccc2Cl)c2cc(OC)c(OC)cc21. The van der Waals surface area contributed by atoms with Crippen molar-refractivity contribution >= 4 is 23.2 Å². The first kappa shape index (κ1) is 22.2. The summed E-state index contributed by atoms with van der Waals surface area (Å²) in [5, 5.41) is 3.71. The highest BCUT2D eigenvalue weighted by atomic mass is 35.5. The molecule has 7 heteroatoms. The molecular formula is C23H30ClN3O3. The molecule has 1 aliphatic rings. The van der Waals surface area contributed by atoms with Crippen molar-refractivity contribution in [3.05, 3.63) is 52.0 Å². The number of amides is 1. The number of nitrogens with two attached hydrogens (primary N) is 1. The third-order valence-corrected chi connectivity index (χ3v) is 6.18. The third kappa shape index (κ3) is 4.35. The van der Waals surface area contributed by atoms with Gasteiger partial charge < -0.3 is 25.4 Å². The zero-order valence-electron chi connectivity index (χ0n) is 18.0. The maximum Gasteiger partial charge on any atom is 0.228 e. The number of methoxy groups -OCH3 is 2. The maximum absolute atomic E-state index is 13.2. The van der Waals surface area contributed by atoms with Gasteiger partial charge >= 0.3 is 0 Å². The monoisotopic (exact) mass is 431 g/mol. The highest BCUT2D eigenvalue weighted by Crippen LogP contribution is 2.43. The Labute approximate surface area is 183 Å². The van der Waals surface area contributed by atoms with E-state index >= 15 is 0 Å². The first-order valence-corrected chi connectivity index (χ1v) is 10.6. The minimum absolute atomic E-state index is 0.0228. The number of ether oxygens (including phenoxy) is 2. The third-order valence-electron chi connectivity index (χ3n) is 5.84. The average molecular weight is 432 g/mol. The van der Waals surface area contributed by atoms with Crippen molar-refractivity contribution in [2.45, 2.75) is 32.2 Å². The van der Waals surface area contributed by atoms with E-state index in [1.54, 1.807) is 26.4 Å². The molecule has 0 saturated heterocycles. The Morgan fingerprint density at radius 2 is 1.67 bits per heavy atom. The Hall–Kier alpha value is -2.44. The van der Waals surface area contributed by atoms with Crippen LogP contribution >= 0.6 is 11.6 Å². The number of rotatable bonds is 8. The molecular weight excluding hydrogens is 402 g/mol. The minimum atomic E-state index is -0.409. The number of halogens is 1. The number of fused-ring (bicyclic) bond motifs is 1. The van der Waals surface area contributed by atoms with Crippen LogP contribution in [0.25, 0.3) is 0 Å². The molecule has 1 amide bonds. The average Bonchev–Trinajstić information content (AvgIpc) is 2.76. The standard InChI is InChI=1S/C23H30ClN3O3/c1-5-27(6-2)10-9-15-16-12-20(29-3)21(30-4)13-17(16)22(26-23(15)28)18-11-14(25)7-8-19(18)24/h7-8,11-13,15,22H,5-6,9-10,25H2,1-4H3,(H,26,28). The predicted octanol–water partition coefficient (Wildman–Crippen LogP) is 3.97. The number of hydrogen-bond donors (Lipinski definition) is 2. The molecule has 2 unspecified atom stereocenters. The summed E-state index contributed by atoms with van der Waals surface area (Å²) < 4.78 is 11.1. The summed E-state index contributed by atoms with van der Waals surface area (Å²) in [5.41, 5.74) is 9.25. The van der Waals surface area contributed by atoms with Crippen molar-refractivity contribution in [2.75, 3.05) is 39.6 Å². The number of carbonyl (C=O) groups is 1. The lowest BCUT2D eigenvalue weighted by Crippen LogP contribution is -2.40. The van der Waals surface area contributed by atoms with Crippen LogP contribution in [0.3, 0.4) is 0 Å². The lowest BCUT2D eigenvalue weighted by Gasteiger charge is -2.34. The topological polar surface area (TPSA) is 76.8 Å².